The van der Waals surface area contributed by atoms with E-state index in [-0.39, 0.29) is 29.0 Å². The fourth-order valence-corrected chi connectivity index (χ4v) is 4.15. The van der Waals surface area contributed by atoms with Crippen LogP contribution in [0.3, 0.4) is 0 Å². The van der Waals surface area contributed by atoms with Crippen LogP contribution in [0.5, 0.6) is 5.75 Å². The van der Waals surface area contributed by atoms with Crippen molar-refractivity contribution in [2.24, 2.45) is 5.41 Å². The molecule has 7 nitrogen and oxygen atoms in total. The highest BCUT2D eigenvalue weighted by atomic mass is 16.6. The highest BCUT2D eigenvalue weighted by Crippen LogP contribution is 2.54. The van der Waals surface area contributed by atoms with E-state index in [2.05, 4.69) is 5.32 Å². The standard InChI is InChI=1S/C17H22N2O5/c1-2-24-15-10-14(17(15)7-3-4-8-17)18-16(21)11-5-6-12(19(22)23)13(20)9-11/h5-6,9,14-15,20H,2-4,7-8,10H2,1H3,(H,18,21)/t14-,15-/m1/s1. The number of rotatable bonds is 5. The minimum absolute atomic E-state index is 0.0223. The fraction of sp³-hybridized carbons (Fsp3) is 0.588. The molecule has 0 radical (unpaired) electrons. The van der Waals surface area contributed by atoms with Gasteiger partial charge in [0.15, 0.2) is 5.75 Å². The van der Waals surface area contributed by atoms with Crippen molar-refractivity contribution in [1.29, 1.82) is 0 Å². The zero-order valence-electron chi connectivity index (χ0n) is 13.7. The van der Waals surface area contributed by atoms with Crippen molar-refractivity contribution >= 4 is 11.6 Å². The number of nitrogens with zero attached hydrogens (tertiary/aromatic N) is 1. The van der Waals surface area contributed by atoms with Gasteiger partial charge in [0.05, 0.1) is 11.0 Å². The number of aromatic hydroxyl groups is 1. The molecule has 2 fully saturated rings. The van der Waals surface area contributed by atoms with Gasteiger partial charge in [-0.15, -0.1) is 0 Å². The van der Waals surface area contributed by atoms with E-state index in [1.54, 1.807) is 0 Å². The van der Waals surface area contributed by atoms with Gasteiger partial charge in [-0.2, -0.15) is 0 Å². The highest BCUT2D eigenvalue weighted by Gasteiger charge is 2.57. The van der Waals surface area contributed by atoms with E-state index in [0.717, 1.165) is 44.2 Å². The van der Waals surface area contributed by atoms with Crippen molar-refractivity contribution in [2.75, 3.05) is 6.61 Å². The Kier molecular flexibility index (Phi) is 4.45. The normalized spacial score (nSPS) is 24.5. The van der Waals surface area contributed by atoms with Crippen molar-refractivity contribution in [3.05, 3.63) is 33.9 Å². The number of nitro groups is 1. The van der Waals surface area contributed by atoms with Crippen LogP contribution in [0.2, 0.25) is 0 Å². The third-order valence-electron chi connectivity index (χ3n) is 5.43. The van der Waals surface area contributed by atoms with Gasteiger partial charge in [-0.05, 0) is 38.3 Å². The third kappa shape index (κ3) is 2.73. The number of carbonyl (C=O) groups is 1. The summed E-state index contributed by atoms with van der Waals surface area (Å²) in [5, 5.41) is 23.5. The predicted octanol–water partition coefficient (Wildman–Crippen LogP) is 2.77. The summed E-state index contributed by atoms with van der Waals surface area (Å²) in [5.74, 6) is -0.810. The molecule has 1 aromatic rings. The number of carbonyl (C=O) groups excluding carboxylic acids is 1. The lowest BCUT2D eigenvalue weighted by Crippen LogP contribution is -2.63. The summed E-state index contributed by atoms with van der Waals surface area (Å²) in [4.78, 5) is 22.5. The van der Waals surface area contributed by atoms with Crippen LogP contribution in [0, 0.1) is 15.5 Å². The van der Waals surface area contributed by atoms with Gasteiger partial charge in [-0.1, -0.05) is 12.8 Å². The number of amides is 1. The SMILES string of the molecule is CCO[C@@H]1C[C@@H](NC(=O)c2ccc([N+](=O)[O-])c(O)c2)C12CCCC2. The molecule has 2 saturated carbocycles. The molecular formula is C17H22N2O5. The minimum atomic E-state index is -0.677. The lowest BCUT2D eigenvalue weighted by molar-refractivity contribution is -0.385. The van der Waals surface area contributed by atoms with Crippen molar-refractivity contribution in [2.45, 2.75) is 51.2 Å². The van der Waals surface area contributed by atoms with Crippen LogP contribution >= 0.6 is 0 Å². The third-order valence-corrected chi connectivity index (χ3v) is 5.43. The second-order valence-corrected chi connectivity index (χ2v) is 6.61. The summed E-state index contributed by atoms with van der Waals surface area (Å²) < 4.78 is 5.83. The number of phenols is 1. The first kappa shape index (κ1) is 16.7. The predicted molar refractivity (Wildman–Crippen MR) is 86.9 cm³/mol. The summed E-state index contributed by atoms with van der Waals surface area (Å²) in [7, 11) is 0. The lowest BCUT2D eigenvalue weighted by atomic mass is 9.60. The van der Waals surface area contributed by atoms with Gasteiger partial charge < -0.3 is 15.2 Å². The van der Waals surface area contributed by atoms with E-state index >= 15 is 0 Å². The van der Waals surface area contributed by atoms with Crippen LogP contribution in [0.4, 0.5) is 5.69 Å². The Hall–Kier alpha value is -2.15. The summed E-state index contributed by atoms with van der Waals surface area (Å²) in [6.45, 7) is 2.65. The summed E-state index contributed by atoms with van der Waals surface area (Å²) in [5.41, 5.74) is -0.154. The molecular weight excluding hydrogens is 312 g/mol. The second-order valence-electron chi connectivity index (χ2n) is 6.61. The first-order chi connectivity index (χ1) is 11.5. The maximum atomic E-state index is 12.5. The smallest absolute Gasteiger partial charge is 0.310 e. The molecule has 130 valence electrons. The average Bonchev–Trinajstić information content (AvgIpc) is 3.06. The molecule has 0 bridgehead atoms. The Morgan fingerprint density at radius 1 is 1.46 bits per heavy atom. The summed E-state index contributed by atoms with van der Waals surface area (Å²) >= 11 is 0. The van der Waals surface area contributed by atoms with Crippen LogP contribution < -0.4 is 5.32 Å². The molecule has 2 N–H and O–H groups in total. The van der Waals surface area contributed by atoms with Gasteiger partial charge >= 0.3 is 5.69 Å². The Balaban J connectivity index is 1.71. The van der Waals surface area contributed by atoms with Gasteiger partial charge in [-0.3, -0.25) is 14.9 Å². The van der Waals surface area contributed by atoms with Crippen LogP contribution in [-0.4, -0.2) is 34.7 Å². The number of phenolic OH excluding ortho intramolecular Hbond substituents is 1. The van der Waals surface area contributed by atoms with Crippen LogP contribution in [0.25, 0.3) is 0 Å². The maximum absolute atomic E-state index is 12.5. The average molecular weight is 334 g/mol. The number of hydrogen-bond acceptors (Lipinski definition) is 5. The minimum Gasteiger partial charge on any atom is -0.502 e. The number of ether oxygens (including phenoxy) is 1. The molecule has 24 heavy (non-hydrogen) atoms. The fourth-order valence-electron chi connectivity index (χ4n) is 4.15. The van der Waals surface area contributed by atoms with Crippen LogP contribution in [0.1, 0.15) is 49.4 Å². The monoisotopic (exact) mass is 334 g/mol. The van der Waals surface area contributed by atoms with E-state index in [9.17, 15) is 20.0 Å². The number of hydrogen-bond donors (Lipinski definition) is 2. The van der Waals surface area contributed by atoms with Crippen molar-refractivity contribution in [3.63, 3.8) is 0 Å². The lowest BCUT2D eigenvalue weighted by Gasteiger charge is -2.54. The first-order valence-corrected chi connectivity index (χ1v) is 8.38. The molecule has 1 aromatic carbocycles. The van der Waals surface area contributed by atoms with Crippen LogP contribution in [-0.2, 0) is 4.74 Å². The topological polar surface area (TPSA) is 102 Å². The molecule has 3 rings (SSSR count). The Bertz CT molecular complexity index is 654. The van der Waals surface area contributed by atoms with E-state index in [1.165, 1.54) is 6.07 Å². The maximum Gasteiger partial charge on any atom is 0.310 e. The Morgan fingerprint density at radius 2 is 2.17 bits per heavy atom. The van der Waals surface area contributed by atoms with Gasteiger partial charge in [0.2, 0.25) is 0 Å². The molecule has 0 saturated heterocycles. The zero-order valence-corrected chi connectivity index (χ0v) is 13.7. The zero-order chi connectivity index (χ0) is 17.3. The van der Waals surface area contributed by atoms with E-state index in [4.69, 9.17) is 4.74 Å². The largest absolute Gasteiger partial charge is 0.502 e. The molecule has 7 heteroatoms. The number of nitro benzene ring substituents is 1. The molecule has 0 heterocycles. The van der Waals surface area contributed by atoms with Gasteiger partial charge in [0.1, 0.15) is 0 Å². The summed E-state index contributed by atoms with van der Waals surface area (Å²) in [6.07, 6.45) is 5.38. The molecule has 2 atom stereocenters. The molecule has 0 unspecified atom stereocenters. The molecule has 0 aromatic heterocycles. The quantitative estimate of drug-likeness (QED) is 0.637. The Morgan fingerprint density at radius 3 is 2.75 bits per heavy atom. The molecule has 2 aliphatic rings. The molecule has 2 aliphatic carbocycles. The molecule has 1 amide bonds. The van der Waals surface area contributed by atoms with Crippen molar-refractivity contribution < 1.29 is 19.6 Å². The first-order valence-electron chi connectivity index (χ1n) is 8.38. The molecule has 0 aliphatic heterocycles. The highest BCUT2D eigenvalue weighted by molar-refractivity contribution is 5.95. The van der Waals surface area contributed by atoms with E-state index in [0.29, 0.717) is 6.61 Å². The Labute approximate surface area is 140 Å². The molecule has 1 spiro atoms. The van der Waals surface area contributed by atoms with Crippen molar-refractivity contribution in [3.8, 4) is 5.75 Å². The van der Waals surface area contributed by atoms with Gasteiger partial charge in [-0.25, -0.2) is 0 Å². The van der Waals surface area contributed by atoms with E-state index in [1.807, 2.05) is 6.92 Å². The van der Waals surface area contributed by atoms with Gasteiger partial charge in [0.25, 0.3) is 5.91 Å². The van der Waals surface area contributed by atoms with Gasteiger partial charge in [0, 0.05) is 29.7 Å². The second kappa shape index (κ2) is 6.39. The summed E-state index contributed by atoms with van der Waals surface area (Å²) in [6, 6.07) is 3.72. The van der Waals surface area contributed by atoms with E-state index < -0.39 is 16.4 Å². The number of benzene rings is 1. The van der Waals surface area contributed by atoms with Crippen molar-refractivity contribution in [1.82, 2.24) is 5.32 Å². The number of nitrogens with one attached hydrogen (secondary N) is 1. The van der Waals surface area contributed by atoms with Crippen LogP contribution in [0.15, 0.2) is 18.2 Å².